The first-order chi connectivity index (χ1) is 11.6. The number of nitrogens with one attached hydrogen (secondary N) is 1. The highest BCUT2D eigenvalue weighted by Crippen LogP contribution is 2.17. The minimum absolute atomic E-state index is 0.0313. The molecule has 1 amide bonds. The summed E-state index contributed by atoms with van der Waals surface area (Å²) >= 11 is 0. The first-order valence-corrected chi connectivity index (χ1v) is 8.67. The molecule has 0 atom stereocenters. The molecule has 2 aromatic rings. The lowest BCUT2D eigenvalue weighted by Gasteiger charge is -2.10. The minimum Gasteiger partial charge on any atom is -0.494 e. The van der Waals surface area contributed by atoms with Gasteiger partial charge in [0.1, 0.15) is 5.75 Å². The quantitative estimate of drug-likeness (QED) is 0.689. The number of amides is 1. The Hall–Kier alpha value is -2.29. The van der Waals surface area contributed by atoms with Gasteiger partial charge in [-0.2, -0.15) is 0 Å². The molecule has 0 fully saturated rings. The molecule has 0 saturated heterocycles. The van der Waals surface area contributed by atoms with Crippen molar-refractivity contribution in [2.45, 2.75) is 46.5 Å². The van der Waals surface area contributed by atoms with E-state index in [0.29, 0.717) is 19.4 Å². The normalized spacial score (nSPS) is 10.5. The highest BCUT2D eigenvalue weighted by Gasteiger charge is 2.05. The molecule has 0 aliphatic rings. The Morgan fingerprint density at radius 3 is 2.50 bits per heavy atom. The van der Waals surface area contributed by atoms with Gasteiger partial charge in [0.05, 0.1) is 6.61 Å². The van der Waals surface area contributed by atoms with Crippen molar-refractivity contribution in [2.24, 2.45) is 0 Å². The summed E-state index contributed by atoms with van der Waals surface area (Å²) in [6.07, 6.45) is 3.41. The minimum atomic E-state index is 0.0313. The summed E-state index contributed by atoms with van der Waals surface area (Å²) in [4.78, 5) is 12.0. The third-order valence-corrected chi connectivity index (χ3v) is 3.93. The molecule has 24 heavy (non-hydrogen) atoms. The second-order valence-corrected chi connectivity index (χ2v) is 6.21. The van der Waals surface area contributed by atoms with Gasteiger partial charge in [0.2, 0.25) is 5.91 Å². The van der Waals surface area contributed by atoms with Crippen LogP contribution in [-0.4, -0.2) is 12.5 Å². The van der Waals surface area contributed by atoms with Crippen LogP contribution in [0.5, 0.6) is 5.75 Å². The molecule has 0 unspecified atom stereocenters. The molecule has 0 heterocycles. The van der Waals surface area contributed by atoms with Crippen molar-refractivity contribution in [3.8, 4) is 5.75 Å². The average Bonchev–Trinajstić information content (AvgIpc) is 2.56. The van der Waals surface area contributed by atoms with Crippen LogP contribution in [0.3, 0.4) is 0 Å². The van der Waals surface area contributed by atoms with Crippen LogP contribution in [0.15, 0.2) is 42.5 Å². The molecule has 0 aliphatic heterocycles. The zero-order valence-corrected chi connectivity index (χ0v) is 14.9. The van der Waals surface area contributed by atoms with Crippen LogP contribution in [0.2, 0.25) is 0 Å². The van der Waals surface area contributed by atoms with Crippen molar-refractivity contribution >= 4 is 11.6 Å². The predicted molar refractivity (Wildman–Crippen MR) is 99.7 cm³/mol. The fourth-order valence-corrected chi connectivity index (χ4v) is 2.63. The second kappa shape index (κ2) is 9.11. The van der Waals surface area contributed by atoms with Gasteiger partial charge >= 0.3 is 0 Å². The van der Waals surface area contributed by atoms with Crippen molar-refractivity contribution in [2.75, 3.05) is 11.9 Å². The number of ether oxygens (including phenoxy) is 1. The van der Waals surface area contributed by atoms with Crippen molar-refractivity contribution in [3.05, 3.63) is 59.2 Å². The Morgan fingerprint density at radius 2 is 1.83 bits per heavy atom. The van der Waals surface area contributed by atoms with E-state index in [-0.39, 0.29) is 5.91 Å². The van der Waals surface area contributed by atoms with E-state index in [1.807, 2.05) is 38.1 Å². The van der Waals surface area contributed by atoms with Crippen molar-refractivity contribution in [1.82, 2.24) is 0 Å². The largest absolute Gasteiger partial charge is 0.494 e. The molecule has 1 N–H and O–H groups in total. The molecule has 0 spiro atoms. The van der Waals surface area contributed by atoms with Gasteiger partial charge in [0.25, 0.3) is 0 Å². The first-order valence-electron chi connectivity index (χ1n) is 8.67. The molecule has 128 valence electrons. The summed E-state index contributed by atoms with van der Waals surface area (Å²) < 4.78 is 5.70. The van der Waals surface area contributed by atoms with Gasteiger partial charge in [-0.1, -0.05) is 43.2 Å². The maximum Gasteiger partial charge on any atom is 0.224 e. The van der Waals surface area contributed by atoms with E-state index in [0.717, 1.165) is 29.8 Å². The Labute approximate surface area is 145 Å². The second-order valence-electron chi connectivity index (χ2n) is 6.21. The summed E-state index contributed by atoms with van der Waals surface area (Å²) in [6.45, 7) is 6.78. The number of rotatable bonds is 8. The zero-order valence-electron chi connectivity index (χ0n) is 14.9. The maximum atomic E-state index is 12.0. The summed E-state index contributed by atoms with van der Waals surface area (Å²) in [5, 5.41) is 2.96. The number of carbonyl (C=O) groups excluding carboxylic acids is 1. The smallest absolute Gasteiger partial charge is 0.224 e. The van der Waals surface area contributed by atoms with Crippen LogP contribution in [-0.2, 0) is 11.2 Å². The Kier molecular flexibility index (Phi) is 6.86. The third kappa shape index (κ3) is 5.73. The molecule has 3 heteroatoms. The van der Waals surface area contributed by atoms with Crippen LogP contribution in [0.1, 0.15) is 42.9 Å². The van der Waals surface area contributed by atoms with Crippen molar-refractivity contribution in [3.63, 3.8) is 0 Å². The van der Waals surface area contributed by atoms with Crippen molar-refractivity contribution in [1.29, 1.82) is 0 Å². The zero-order chi connectivity index (χ0) is 17.4. The molecule has 0 aliphatic carbocycles. The maximum absolute atomic E-state index is 12.0. The van der Waals surface area contributed by atoms with E-state index in [2.05, 4.69) is 30.4 Å². The summed E-state index contributed by atoms with van der Waals surface area (Å²) in [5.41, 5.74) is 4.51. The molecule has 0 radical (unpaired) electrons. The molecule has 0 bridgehead atoms. The van der Waals surface area contributed by atoms with E-state index in [1.165, 1.54) is 11.1 Å². The van der Waals surface area contributed by atoms with Gasteiger partial charge in [-0.05, 0) is 56.0 Å². The molecular formula is C21H27NO2. The lowest BCUT2D eigenvalue weighted by atomic mass is 10.1. The van der Waals surface area contributed by atoms with Gasteiger partial charge in [0, 0.05) is 12.1 Å². The Balaban J connectivity index is 1.70. The SMILES string of the molecule is CCCc1ccc(OCCCC(=O)Nc2ccc(C)cc2C)cc1. The molecule has 2 rings (SSSR count). The predicted octanol–water partition coefficient (Wildman–Crippen LogP) is 5.05. The van der Waals surface area contributed by atoms with Crippen LogP contribution in [0.4, 0.5) is 5.69 Å². The number of hydrogen-bond donors (Lipinski definition) is 1. The number of hydrogen-bond acceptors (Lipinski definition) is 2. The third-order valence-electron chi connectivity index (χ3n) is 3.93. The standard InChI is InChI=1S/C21H27NO2/c1-4-6-18-9-11-19(12-10-18)24-14-5-7-21(23)22-20-13-8-16(2)15-17(20)3/h8-13,15H,4-7,14H2,1-3H3,(H,22,23). The molecule has 0 aromatic heterocycles. The van der Waals surface area contributed by atoms with Crippen LogP contribution in [0.25, 0.3) is 0 Å². The lowest BCUT2D eigenvalue weighted by molar-refractivity contribution is -0.116. The van der Waals surface area contributed by atoms with E-state index in [1.54, 1.807) is 0 Å². The van der Waals surface area contributed by atoms with Crippen LogP contribution >= 0.6 is 0 Å². The lowest BCUT2D eigenvalue weighted by Crippen LogP contribution is -2.13. The summed E-state index contributed by atoms with van der Waals surface area (Å²) in [7, 11) is 0. The Bertz CT molecular complexity index is 662. The summed E-state index contributed by atoms with van der Waals surface area (Å²) in [6, 6.07) is 14.2. The highest BCUT2D eigenvalue weighted by atomic mass is 16.5. The molecular weight excluding hydrogens is 298 g/mol. The number of aryl methyl sites for hydroxylation is 3. The van der Waals surface area contributed by atoms with Crippen LogP contribution < -0.4 is 10.1 Å². The van der Waals surface area contributed by atoms with E-state index >= 15 is 0 Å². The van der Waals surface area contributed by atoms with E-state index in [4.69, 9.17) is 4.74 Å². The van der Waals surface area contributed by atoms with Crippen LogP contribution in [0, 0.1) is 13.8 Å². The number of benzene rings is 2. The molecule has 0 saturated carbocycles. The topological polar surface area (TPSA) is 38.3 Å². The van der Waals surface area contributed by atoms with Crippen molar-refractivity contribution < 1.29 is 9.53 Å². The number of anilines is 1. The van der Waals surface area contributed by atoms with E-state index in [9.17, 15) is 4.79 Å². The molecule has 3 nitrogen and oxygen atoms in total. The van der Waals surface area contributed by atoms with E-state index < -0.39 is 0 Å². The fraction of sp³-hybridized carbons (Fsp3) is 0.381. The average molecular weight is 325 g/mol. The van der Waals surface area contributed by atoms with Gasteiger partial charge < -0.3 is 10.1 Å². The number of carbonyl (C=O) groups is 1. The van der Waals surface area contributed by atoms with Gasteiger partial charge in [-0.15, -0.1) is 0 Å². The van der Waals surface area contributed by atoms with Gasteiger partial charge in [-0.3, -0.25) is 4.79 Å². The van der Waals surface area contributed by atoms with Gasteiger partial charge in [-0.25, -0.2) is 0 Å². The summed E-state index contributed by atoms with van der Waals surface area (Å²) in [5.74, 6) is 0.897. The van der Waals surface area contributed by atoms with Gasteiger partial charge in [0.15, 0.2) is 0 Å². The Morgan fingerprint density at radius 1 is 1.08 bits per heavy atom. The first kappa shape index (κ1) is 18.1. The monoisotopic (exact) mass is 325 g/mol. The highest BCUT2D eigenvalue weighted by molar-refractivity contribution is 5.91. The molecule has 2 aromatic carbocycles. The fourth-order valence-electron chi connectivity index (χ4n) is 2.63.